The molecule has 0 fully saturated rings. The molecule has 0 aliphatic carbocycles. The van der Waals surface area contributed by atoms with E-state index < -0.39 is 11.1 Å². The standard InChI is InChI=1S/C19H20N2O3S/c1-12-5-7-16(8-6-12)18-10-9-17(11-13(18)2)25(22)24-21-19-14(3)15(4)23-20-19/h5-11H,1-4H3,(H,20,21). The topological polar surface area (TPSA) is 64.4 Å². The lowest BCUT2D eigenvalue weighted by atomic mass is 10.00. The molecule has 0 spiro atoms. The summed E-state index contributed by atoms with van der Waals surface area (Å²) in [4.78, 5) is 0.582. The minimum atomic E-state index is -1.65. The zero-order valence-corrected chi connectivity index (χ0v) is 15.4. The molecule has 1 N–H and O–H groups in total. The molecule has 1 heterocycles. The summed E-state index contributed by atoms with van der Waals surface area (Å²) in [6.45, 7) is 7.71. The molecule has 2 aromatic carbocycles. The molecule has 1 aromatic heterocycles. The highest BCUT2D eigenvalue weighted by molar-refractivity contribution is 7.80. The van der Waals surface area contributed by atoms with Gasteiger partial charge in [-0.2, -0.15) is 4.28 Å². The average Bonchev–Trinajstić information content (AvgIpc) is 2.92. The Hall–Kier alpha value is -2.44. The van der Waals surface area contributed by atoms with Crippen molar-refractivity contribution < 1.29 is 13.0 Å². The number of nitrogens with zero attached hydrogens (tertiary/aromatic N) is 1. The molecular weight excluding hydrogens is 336 g/mol. The molecule has 5 nitrogen and oxygen atoms in total. The van der Waals surface area contributed by atoms with E-state index in [0.717, 1.165) is 22.3 Å². The van der Waals surface area contributed by atoms with Crippen molar-refractivity contribution in [2.45, 2.75) is 32.6 Å². The van der Waals surface area contributed by atoms with Gasteiger partial charge in [-0.15, -0.1) is 0 Å². The molecule has 130 valence electrons. The Morgan fingerprint density at radius 1 is 1.04 bits per heavy atom. The molecule has 0 saturated carbocycles. The van der Waals surface area contributed by atoms with E-state index in [0.29, 0.717) is 16.5 Å². The number of benzene rings is 2. The van der Waals surface area contributed by atoms with Crippen molar-refractivity contribution in [3.05, 3.63) is 64.9 Å². The molecule has 0 aliphatic rings. The second-order valence-corrected chi connectivity index (χ2v) is 7.08. The highest BCUT2D eigenvalue weighted by Crippen LogP contribution is 2.26. The van der Waals surface area contributed by atoms with Gasteiger partial charge >= 0.3 is 0 Å². The molecule has 6 heteroatoms. The van der Waals surface area contributed by atoms with Gasteiger partial charge in [0.25, 0.3) is 0 Å². The first-order chi connectivity index (χ1) is 12.0. The van der Waals surface area contributed by atoms with Crippen molar-refractivity contribution in [3.63, 3.8) is 0 Å². The van der Waals surface area contributed by atoms with E-state index in [2.05, 4.69) is 41.8 Å². The van der Waals surface area contributed by atoms with Crippen molar-refractivity contribution in [3.8, 4) is 11.1 Å². The molecule has 0 amide bonds. The van der Waals surface area contributed by atoms with E-state index in [1.165, 1.54) is 5.56 Å². The van der Waals surface area contributed by atoms with Gasteiger partial charge < -0.3 is 4.52 Å². The van der Waals surface area contributed by atoms with E-state index in [9.17, 15) is 4.21 Å². The Kier molecular flexibility index (Phi) is 5.01. The predicted molar refractivity (Wildman–Crippen MR) is 98.4 cm³/mol. The Morgan fingerprint density at radius 2 is 1.76 bits per heavy atom. The van der Waals surface area contributed by atoms with Gasteiger partial charge in [0.15, 0.2) is 5.82 Å². The van der Waals surface area contributed by atoms with Crippen LogP contribution >= 0.6 is 0 Å². The van der Waals surface area contributed by atoms with E-state index in [-0.39, 0.29) is 0 Å². The van der Waals surface area contributed by atoms with Gasteiger partial charge in [0.2, 0.25) is 11.1 Å². The van der Waals surface area contributed by atoms with Crippen molar-refractivity contribution in [2.75, 3.05) is 5.48 Å². The number of rotatable bonds is 5. The fraction of sp³-hybridized carbons (Fsp3) is 0.211. The summed E-state index contributed by atoms with van der Waals surface area (Å²) in [5, 5.41) is 3.81. The molecule has 0 bridgehead atoms. The minimum Gasteiger partial charge on any atom is -0.359 e. The summed E-state index contributed by atoms with van der Waals surface area (Å²) in [7, 11) is 0. The molecule has 0 saturated heterocycles. The minimum absolute atomic E-state index is 0.429. The van der Waals surface area contributed by atoms with E-state index in [1.807, 2.05) is 26.0 Å². The van der Waals surface area contributed by atoms with Crippen LogP contribution in [0.5, 0.6) is 0 Å². The SMILES string of the molecule is Cc1ccc(-c2ccc(S(=O)ONc3noc(C)c3C)cc2C)cc1. The van der Waals surface area contributed by atoms with E-state index in [4.69, 9.17) is 8.81 Å². The molecule has 3 rings (SSSR count). The Balaban J connectivity index is 1.74. The molecule has 0 radical (unpaired) electrons. The van der Waals surface area contributed by atoms with Crippen molar-refractivity contribution in [1.29, 1.82) is 0 Å². The second-order valence-electron chi connectivity index (χ2n) is 5.98. The first kappa shape index (κ1) is 17.4. The van der Waals surface area contributed by atoms with Crippen molar-refractivity contribution in [2.24, 2.45) is 0 Å². The van der Waals surface area contributed by atoms with Crippen LogP contribution in [0.2, 0.25) is 0 Å². The van der Waals surface area contributed by atoms with Crippen LogP contribution in [0, 0.1) is 27.7 Å². The van der Waals surface area contributed by atoms with Gasteiger partial charge in [0, 0.05) is 5.56 Å². The van der Waals surface area contributed by atoms with Crippen LogP contribution in [0.1, 0.15) is 22.5 Å². The smallest absolute Gasteiger partial charge is 0.212 e. The highest BCUT2D eigenvalue weighted by Gasteiger charge is 2.12. The molecule has 25 heavy (non-hydrogen) atoms. The summed E-state index contributed by atoms with van der Waals surface area (Å²) in [6.07, 6.45) is 0. The third-order valence-electron chi connectivity index (χ3n) is 4.12. The van der Waals surface area contributed by atoms with E-state index >= 15 is 0 Å². The van der Waals surface area contributed by atoms with Gasteiger partial charge in [-0.05, 0) is 56.5 Å². The summed E-state index contributed by atoms with van der Waals surface area (Å²) >= 11 is -1.65. The van der Waals surface area contributed by atoms with Crippen molar-refractivity contribution in [1.82, 2.24) is 5.16 Å². The first-order valence-electron chi connectivity index (χ1n) is 7.91. The molecule has 0 aliphatic heterocycles. The second kappa shape index (κ2) is 7.21. The zero-order chi connectivity index (χ0) is 18.0. The number of hydrogen-bond acceptors (Lipinski definition) is 5. The summed E-state index contributed by atoms with van der Waals surface area (Å²) in [6, 6.07) is 14.0. The van der Waals surface area contributed by atoms with Gasteiger partial charge in [0.1, 0.15) is 5.76 Å². The van der Waals surface area contributed by atoms with Crippen LogP contribution in [0.25, 0.3) is 11.1 Å². The quantitative estimate of drug-likeness (QED) is 0.675. The van der Waals surface area contributed by atoms with Crippen LogP contribution in [0.4, 0.5) is 5.82 Å². The maximum atomic E-state index is 12.3. The van der Waals surface area contributed by atoms with Gasteiger partial charge in [0.05, 0.1) is 4.90 Å². The highest BCUT2D eigenvalue weighted by atomic mass is 32.2. The first-order valence-corrected chi connectivity index (χ1v) is 8.99. The monoisotopic (exact) mass is 356 g/mol. The van der Waals surface area contributed by atoms with Crippen LogP contribution in [0.3, 0.4) is 0 Å². The third-order valence-corrected chi connectivity index (χ3v) is 5.00. The zero-order valence-electron chi connectivity index (χ0n) is 14.6. The van der Waals surface area contributed by atoms with Gasteiger partial charge in [-0.3, -0.25) is 0 Å². The Labute approximate surface area is 149 Å². The fourth-order valence-corrected chi connectivity index (χ4v) is 3.14. The molecule has 3 aromatic rings. The number of aryl methyl sites for hydroxylation is 3. The van der Waals surface area contributed by atoms with Gasteiger partial charge in [-0.25, -0.2) is 9.69 Å². The number of hydrogen-bond donors (Lipinski definition) is 1. The van der Waals surface area contributed by atoms with Crippen molar-refractivity contribution >= 4 is 16.9 Å². The van der Waals surface area contributed by atoms with Crippen LogP contribution in [-0.2, 0) is 15.4 Å². The largest absolute Gasteiger partial charge is 0.359 e. The lowest BCUT2D eigenvalue weighted by molar-refractivity contribution is 0.384. The average molecular weight is 356 g/mol. The normalized spacial score (nSPS) is 12.2. The maximum absolute atomic E-state index is 12.3. The van der Waals surface area contributed by atoms with Crippen LogP contribution in [0.15, 0.2) is 51.9 Å². The van der Waals surface area contributed by atoms with Gasteiger partial charge in [-0.1, -0.05) is 41.1 Å². The molecule has 1 unspecified atom stereocenters. The lowest BCUT2D eigenvalue weighted by Gasteiger charge is -2.09. The maximum Gasteiger partial charge on any atom is 0.212 e. The van der Waals surface area contributed by atoms with E-state index in [1.54, 1.807) is 13.0 Å². The molecular formula is C19H20N2O3S. The number of anilines is 1. The Bertz CT molecular complexity index is 917. The summed E-state index contributed by atoms with van der Waals surface area (Å²) in [5.74, 6) is 1.12. The Morgan fingerprint density at radius 3 is 2.36 bits per heavy atom. The number of aromatic nitrogens is 1. The third kappa shape index (κ3) is 3.81. The van der Waals surface area contributed by atoms with Crippen LogP contribution < -0.4 is 5.48 Å². The lowest BCUT2D eigenvalue weighted by Crippen LogP contribution is -2.06. The predicted octanol–water partition coefficient (Wildman–Crippen LogP) is 4.64. The summed E-state index contributed by atoms with van der Waals surface area (Å²) < 4.78 is 22.6. The summed E-state index contributed by atoms with van der Waals surface area (Å²) in [5.41, 5.74) is 7.92. The fourth-order valence-electron chi connectivity index (χ4n) is 2.44. The number of nitrogens with one attached hydrogen (secondary N) is 1. The van der Waals surface area contributed by atoms with Crippen LogP contribution in [-0.4, -0.2) is 9.37 Å². The molecule has 1 atom stereocenters.